The van der Waals surface area contributed by atoms with Crippen molar-refractivity contribution in [2.24, 2.45) is 0 Å². The van der Waals surface area contributed by atoms with Gasteiger partial charge in [-0.1, -0.05) is 12.1 Å². The number of halogens is 3. The monoisotopic (exact) mass is 531 g/mol. The zero-order chi connectivity index (χ0) is 26.3. The van der Waals surface area contributed by atoms with Gasteiger partial charge in [0.15, 0.2) is 5.82 Å². The smallest absolute Gasteiger partial charge is 0.453 e. The van der Waals surface area contributed by atoms with Gasteiger partial charge in [-0.2, -0.15) is 13.2 Å². The van der Waals surface area contributed by atoms with Crippen LogP contribution in [0.3, 0.4) is 0 Å². The van der Waals surface area contributed by atoms with E-state index in [0.29, 0.717) is 22.7 Å². The quantitative estimate of drug-likeness (QED) is 0.318. The summed E-state index contributed by atoms with van der Waals surface area (Å²) in [6, 6.07) is 8.51. The molecule has 5 rings (SSSR count). The van der Waals surface area contributed by atoms with E-state index in [4.69, 9.17) is 4.74 Å². The zero-order valence-corrected chi connectivity index (χ0v) is 20.6. The highest BCUT2D eigenvalue weighted by molar-refractivity contribution is 7.81. The Labute approximate surface area is 210 Å². The molecule has 0 spiro atoms. The van der Waals surface area contributed by atoms with E-state index in [9.17, 15) is 17.4 Å². The Morgan fingerprint density at radius 1 is 1.11 bits per heavy atom. The average Bonchev–Trinajstić information content (AvgIpc) is 3.60. The van der Waals surface area contributed by atoms with Crippen molar-refractivity contribution in [3.05, 3.63) is 66.6 Å². The Bertz CT molecular complexity index is 1590. The fraction of sp³-hybridized carbons (Fsp3) is 0.227. The van der Waals surface area contributed by atoms with Crippen LogP contribution in [0.5, 0.6) is 5.75 Å². The van der Waals surface area contributed by atoms with Crippen molar-refractivity contribution in [2.75, 3.05) is 21.2 Å². The Kier molecular flexibility index (Phi) is 6.25. The molecule has 37 heavy (non-hydrogen) atoms. The van der Waals surface area contributed by atoms with E-state index in [2.05, 4.69) is 25.0 Å². The Morgan fingerprint density at radius 2 is 1.86 bits per heavy atom. The molecule has 0 saturated carbocycles. The largest absolute Gasteiger partial charge is 0.497 e. The van der Waals surface area contributed by atoms with Crippen molar-refractivity contribution in [3.8, 4) is 28.7 Å². The van der Waals surface area contributed by atoms with E-state index in [-0.39, 0.29) is 23.8 Å². The summed E-state index contributed by atoms with van der Waals surface area (Å²) in [4.78, 5) is 16.9. The van der Waals surface area contributed by atoms with Gasteiger partial charge in [-0.05, 0) is 23.8 Å². The maximum atomic E-state index is 13.7. The molecule has 5 aromatic rings. The maximum Gasteiger partial charge on any atom is 0.453 e. The summed E-state index contributed by atoms with van der Waals surface area (Å²) in [5.74, 6) is -0.584. The number of benzene rings is 1. The SMILES string of the molecule is COc1ccc(Cn2nc(C(F)(F)F)nc2-c2nc3ncccn3c2-c2cn(S(=O)N(C)C)cn2)cc1. The number of methoxy groups -OCH3 is 1. The van der Waals surface area contributed by atoms with Gasteiger partial charge >= 0.3 is 6.18 Å². The fourth-order valence-corrected chi connectivity index (χ4v) is 4.34. The topological polar surface area (TPSA) is 108 Å². The lowest BCUT2D eigenvalue weighted by Gasteiger charge is -2.08. The van der Waals surface area contributed by atoms with Crippen LogP contribution in [0.25, 0.3) is 28.7 Å². The van der Waals surface area contributed by atoms with Crippen LogP contribution in [-0.2, 0) is 23.9 Å². The Morgan fingerprint density at radius 3 is 2.54 bits per heavy atom. The number of aromatic nitrogens is 8. The van der Waals surface area contributed by atoms with Gasteiger partial charge in [0.05, 0.1) is 13.7 Å². The third kappa shape index (κ3) is 4.70. The molecule has 11 nitrogen and oxygen atoms in total. The van der Waals surface area contributed by atoms with Gasteiger partial charge in [0.25, 0.3) is 5.82 Å². The molecule has 4 aromatic heterocycles. The minimum absolute atomic E-state index is 0.0117. The number of rotatable bonds is 7. The standard InChI is InChI=1S/C22H20F3N9O2S/c1-31(2)37(35)32-12-16(27-13-32)18-17(28-21-26-9-4-10-33(18)21)19-29-20(22(23,24)25)30-34(19)11-14-5-7-15(36-3)8-6-14/h4-10,12-13H,11H2,1-3H3. The first-order chi connectivity index (χ1) is 17.7. The van der Waals surface area contributed by atoms with E-state index in [1.807, 2.05) is 0 Å². The zero-order valence-electron chi connectivity index (χ0n) is 19.8. The summed E-state index contributed by atoms with van der Waals surface area (Å²) in [7, 11) is 4.80. The molecule has 192 valence electrons. The fourth-order valence-electron chi connectivity index (χ4n) is 3.64. The second-order valence-corrected chi connectivity index (χ2v) is 9.64. The second-order valence-electron chi connectivity index (χ2n) is 8.02. The molecule has 15 heteroatoms. The Hall–Kier alpha value is -4.11. The minimum atomic E-state index is -4.78. The highest BCUT2D eigenvalue weighted by Crippen LogP contribution is 2.34. The van der Waals surface area contributed by atoms with Gasteiger partial charge in [0.1, 0.15) is 29.2 Å². The van der Waals surface area contributed by atoms with Crippen LogP contribution in [0.2, 0.25) is 0 Å². The van der Waals surface area contributed by atoms with E-state index in [1.165, 1.54) is 34.1 Å². The number of hydrogen-bond acceptors (Lipinski definition) is 7. The first kappa shape index (κ1) is 24.6. The molecule has 0 saturated heterocycles. The van der Waals surface area contributed by atoms with Crippen LogP contribution in [0, 0.1) is 0 Å². The van der Waals surface area contributed by atoms with Crippen molar-refractivity contribution >= 4 is 16.9 Å². The number of nitrogens with zero attached hydrogens (tertiary/aromatic N) is 9. The van der Waals surface area contributed by atoms with E-state index in [1.54, 1.807) is 55.0 Å². The molecule has 0 aliphatic carbocycles. The number of alkyl halides is 3. The summed E-state index contributed by atoms with van der Waals surface area (Å²) < 4.78 is 64.3. The molecule has 1 aromatic carbocycles. The predicted molar refractivity (Wildman–Crippen MR) is 128 cm³/mol. The summed E-state index contributed by atoms with van der Waals surface area (Å²) >= 11 is -1.55. The highest BCUT2D eigenvalue weighted by Gasteiger charge is 2.38. The van der Waals surface area contributed by atoms with Gasteiger partial charge in [-0.15, -0.1) is 5.10 Å². The van der Waals surface area contributed by atoms with Gasteiger partial charge in [-0.3, -0.25) is 4.40 Å². The van der Waals surface area contributed by atoms with Crippen LogP contribution < -0.4 is 4.74 Å². The highest BCUT2D eigenvalue weighted by atomic mass is 32.2. The van der Waals surface area contributed by atoms with Gasteiger partial charge < -0.3 is 4.74 Å². The van der Waals surface area contributed by atoms with E-state index < -0.39 is 23.2 Å². The molecule has 0 amide bonds. The summed E-state index contributed by atoms with van der Waals surface area (Å²) in [5, 5.41) is 3.76. The number of hydrogen-bond donors (Lipinski definition) is 0. The maximum absolute atomic E-state index is 13.7. The average molecular weight is 532 g/mol. The van der Waals surface area contributed by atoms with Crippen molar-refractivity contribution in [3.63, 3.8) is 0 Å². The molecular formula is C22H20F3N9O2S. The third-order valence-corrected chi connectivity index (χ3v) is 6.51. The van der Waals surface area contributed by atoms with Crippen molar-refractivity contribution < 1.29 is 22.1 Å². The van der Waals surface area contributed by atoms with Gasteiger partial charge in [0.2, 0.25) is 16.9 Å². The predicted octanol–water partition coefficient (Wildman–Crippen LogP) is 2.92. The molecular weight excluding hydrogens is 511 g/mol. The van der Waals surface area contributed by atoms with Crippen LogP contribution >= 0.6 is 0 Å². The molecule has 0 N–H and O–H groups in total. The number of fused-ring (bicyclic) bond motifs is 1. The number of imidazole rings is 2. The summed E-state index contributed by atoms with van der Waals surface area (Å²) in [6.45, 7) is -0.0117. The minimum Gasteiger partial charge on any atom is -0.497 e. The molecule has 0 aliphatic heterocycles. The molecule has 0 aliphatic rings. The Balaban J connectivity index is 1.69. The molecule has 1 atom stereocenters. The van der Waals surface area contributed by atoms with E-state index >= 15 is 0 Å². The number of ether oxygens (including phenoxy) is 1. The van der Waals surface area contributed by atoms with Crippen molar-refractivity contribution in [1.82, 2.24) is 42.4 Å². The molecule has 0 fully saturated rings. The second kappa shape index (κ2) is 9.40. The molecule has 0 bridgehead atoms. The van der Waals surface area contributed by atoms with Gasteiger partial charge in [0, 0.05) is 32.7 Å². The normalized spacial score (nSPS) is 12.9. The van der Waals surface area contributed by atoms with Crippen LogP contribution in [0.15, 0.2) is 55.2 Å². The van der Waals surface area contributed by atoms with Crippen molar-refractivity contribution in [1.29, 1.82) is 0 Å². The van der Waals surface area contributed by atoms with Crippen LogP contribution in [0.4, 0.5) is 13.2 Å². The summed E-state index contributed by atoms with van der Waals surface area (Å²) in [6.07, 6.45) is 1.28. The lowest BCUT2D eigenvalue weighted by atomic mass is 10.2. The van der Waals surface area contributed by atoms with Gasteiger partial charge in [-0.25, -0.2) is 37.1 Å². The first-order valence-corrected chi connectivity index (χ1v) is 11.8. The van der Waals surface area contributed by atoms with E-state index in [0.717, 1.165) is 4.68 Å². The van der Waals surface area contributed by atoms with Crippen LogP contribution in [0.1, 0.15) is 11.4 Å². The molecule has 0 radical (unpaired) electrons. The first-order valence-electron chi connectivity index (χ1n) is 10.8. The van der Waals surface area contributed by atoms with Crippen LogP contribution in [-0.4, -0.2) is 67.8 Å². The molecule has 4 heterocycles. The lowest BCUT2D eigenvalue weighted by Crippen LogP contribution is -2.20. The summed E-state index contributed by atoms with van der Waals surface area (Å²) in [5.41, 5.74) is 1.42. The lowest BCUT2D eigenvalue weighted by molar-refractivity contribution is -0.144. The third-order valence-electron chi connectivity index (χ3n) is 5.33. The van der Waals surface area contributed by atoms with Crippen molar-refractivity contribution in [2.45, 2.75) is 12.7 Å². The molecule has 1 unspecified atom stereocenters.